The summed E-state index contributed by atoms with van der Waals surface area (Å²) in [4.78, 5) is 24.5. The van der Waals surface area contributed by atoms with Gasteiger partial charge in [0, 0.05) is 6.04 Å². The summed E-state index contributed by atoms with van der Waals surface area (Å²) >= 11 is 0. The van der Waals surface area contributed by atoms with Gasteiger partial charge in [-0.3, -0.25) is 9.59 Å². The lowest BCUT2D eigenvalue weighted by molar-refractivity contribution is -0.155. The predicted molar refractivity (Wildman–Crippen MR) is 59.8 cm³/mol. The monoisotopic (exact) mass is 231 g/mol. The minimum absolute atomic E-state index is 0.103. The molecule has 4 nitrogen and oxygen atoms in total. The fourth-order valence-corrected chi connectivity index (χ4v) is 2.20. The van der Waals surface area contributed by atoms with E-state index in [9.17, 15) is 9.59 Å². The lowest BCUT2D eigenvalue weighted by Crippen LogP contribution is -2.48. The molecule has 1 amide bonds. The Labute approximate surface area is 99.2 Å². The maximum Gasteiger partial charge on any atom is 0.325 e. The van der Waals surface area contributed by atoms with Gasteiger partial charge in [-0.05, 0) is 12.0 Å². The second-order valence-electron chi connectivity index (χ2n) is 4.52. The van der Waals surface area contributed by atoms with Crippen molar-refractivity contribution >= 4 is 11.9 Å². The fraction of sp³-hybridized carbons (Fsp3) is 0.385. The van der Waals surface area contributed by atoms with Crippen molar-refractivity contribution in [1.29, 1.82) is 0 Å². The number of nitrogens with zero attached hydrogens (tertiary/aromatic N) is 1. The number of β-lactam (4-membered cyclic amide) rings is 1. The van der Waals surface area contributed by atoms with Crippen LogP contribution in [0.3, 0.4) is 0 Å². The highest BCUT2D eigenvalue weighted by molar-refractivity contribution is 5.93. The molecule has 0 N–H and O–H groups in total. The summed E-state index contributed by atoms with van der Waals surface area (Å²) in [6.07, 6.45) is 0.921. The minimum Gasteiger partial charge on any atom is -0.459 e. The molecule has 4 heteroatoms. The molecule has 1 heterocycles. The molecular formula is C13H13NO3. The van der Waals surface area contributed by atoms with E-state index >= 15 is 0 Å². The first-order valence-electron chi connectivity index (χ1n) is 5.76. The van der Waals surface area contributed by atoms with E-state index in [1.165, 1.54) is 0 Å². The van der Waals surface area contributed by atoms with Crippen LogP contribution >= 0.6 is 0 Å². The highest BCUT2D eigenvalue weighted by Crippen LogP contribution is 2.46. The molecule has 2 fully saturated rings. The van der Waals surface area contributed by atoms with Gasteiger partial charge in [0.1, 0.15) is 13.2 Å². The van der Waals surface area contributed by atoms with Crippen LogP contribution in [-0.2, 0) is 20.9 Å². The fourth-order valence-electron chi connectivity index (χ4n) is 2.20. The van der Waals surface area contributed by atoms with Crippen LogP contribution in [0.1, 0.15) is 12.0 Å². The first kappa shape index (κ1) is 10.3. The van der Waals surface area contributed by atoms with Crippen LogP contribution in [0.15, 0.2) is 30.3 Å². The third kappa shape index (κ3) is 1.90. The van der Waals surface area contributed by atoms with Gasteiger partial charge in [0.25, 0.3) is 0 Å². The zero-order valence-electron chi connectivity index (χ0n) is 9.33. The number of hydrogen-bond acceptors (Lipinski definition) is 3. The molecule has 17 heavy (non-hydrogen) atoms. The number of benzene rings is 1. The van der Waals surface area contributed by atoms with Crippen molar-refractivity contribution in [3.63, 3.8) is 0 Å². The van der Waals surface area contributed by atoms with Crippen molar-refractivity contribution in [2.75, 3.05) is 6.54 Å². The summed E-state index contributed by atoms with van der Waals surface area (Å²) in [6.45, 7) is 0.378. The van der Waals surface area contributed by atoms with Crippen molar-refractivity contribution < 1.29 is 14.3 Å². The normalized spacial score (nSPS) is 24.9. The SMILES string of the molecule is O=C(CN1C(=O)[C@H]2C[C@H]21)OCc1ccccc1. The van der Waals surface area contributed by atoms with E-state index < -0.39 is 0 Å². The molecular weight excluding hydrogens is 218 g/mol. The van der Waals surface area contributed by atoms with Gasteiger partial charge in [-0.1, -0.05) is 30.3 Å². The smallest absolute Gasteiger partial charge is 0.325 e. The molecule has 2 atom stereocenters. The number of carbonyl (C=O) groups excluding carboxylic acids is 2. The minimum atomic E-state index is -0.326. The molecule has 1 saturated carbocycles. The maximum absolute atomic E-state index is 11.5. The van der Waals surface area contributed by atoms with Crippen molar-refractivity contribution in [3.05, 3.63) is 35.9 Å². The molecule has 88 valence electrons. The van der Waals surface area contributed by atoms with Crippen LogP contribution in [0.4, 0.5) is 0 Å². The van der Waals surface area contributed by atoms with Crippen LogP contribution in [0.25, 0.3) is 0 Å². The average molecular weight is 231 g/mol. The van der Waals surface area contributed by atoms with Crippen molar-refractivity contribution in [1.82, 2.24) is 4.90 Å². The number of amides is 1. The molecule has 1 aliphatic carbocycles. The lowest BCUT2D eigenvalue weighted by atomic mass is 10.2. The van der Waals surface area contributed by atoms with E-state index in [2.05, 4.69) is 0 Å². The van der Waals surface area contributed by atoms with Gasteiger partial charge in [-0.2, -0.15) is 0 Å². The number of hydrogen-bond donors (Lipinski definition) is 0. The second kappa shape index (κ2) is 3.87. The number of ether oxygens (including phenoxy) is 1. The zero-order chi connectivity index (χ0) is 11.8. The van der Waals surface area contributed by atoms with Gasteiger partial charge in [-0.25, -0.2) is 0 Å². The van der Waals surface area contributed by atoms with Crippen molar-refractivity contribution in [2.45, 2.75) is 19.1 Å². The molecule has 0 radical (unpaired) electrons. The van der Waals surface area contributed by atoms with Gasteiger partial charge in [0.05, 0.1) is 5.92 Å². The molecule has 0 bridgehead atoms. The summed E-state index contributed by atoms with van der Waals surface area (Å²) in [6, 6.07) is 9.84. The Bertz CT molecular complexity index is 457. The molecule has 0 spiro atoms. The van der Waals surface area contributed by atoms with Gasteiger partial charge in [0.15, 0.2) is 0 Å². The van der Waals surface area contributed by atoms with E-state index in [0.717, 1.165) is 12.0 Å². The Morgan fingerprint density at radius 3 is 2.76 bits per heavy atom. The Morgan fingerprint density at radius 2 is 2.12 bits per heavy atom. The molecule has 1 aromatic carbocycles. The summed E-state index contributed by atoms with van der Waals surface area (Å²) < 4.78 is 5.12. The first-order valence-corrected chi connectivity index (χ1v) is 5.76. The predicted octanol–water partition coefficient (Wildman–Crippen LogP) is 0.960. The Morgan fingerprint density at radius 1 is 1.35 bits per heavy atom. The Hall–Kier alpha value is -1.84. The number of carbonyl (C=O) groups is 2. The number of fused-ring (bicyclic) bond motifs is 1. The van der Waals surface area contributed by atoms with E-state index in [0.29, 0.717) is 6.04 Å². The van der Waals surface area contributed by atoms with Crippen LogP contribution in [-0.4, -0.2) is 29.4 Å². The van der Waals surface area contributed by atoms with E-state index in [1.807, 2.05) is 30.3 Å². The Balaban J connectivity index is 1.46. The summed E-state index contributed by atoms with van der Waals surface area (Å²) in [5, 5.41) is 0. The molecule has 0 aromatic heterocycles. The highest BCUT2D eigenvalue weighted by Gasteiger charge is 2.60. The molecule has 1 aromatic rings. The molecule has 3 rings (SSSR count). The van der Waals surface area contributed by atoms with Crippen LogP contribution in [0.2, 0.25) is 0 Å². The largest absolute Gasteiger partial charge is 0.459 e. The molecule has 1 aliphatic heterocycles. The van der Waals surface area contributed by atoms with Gasteiger partial charge < -0.3 is 9.64 Å². The summed E-state index contributed by atoms with van der Waals surface area (Å²) in [7, 11) is 0. The number of rotatable bonds is 4. The van der Waals surface area contributed by atoms with Crippen LogP contribution < -0.4 is 0 Å². The van der Waals surface area contributed by atoms with Crippen molar-refractivity contribution in [3.8, 4) is 0 Å². The molecule has 2 aliphatic rings. The summed E-state index contributed by atoms with van der Waals surface area (Å²) in [5.41, 5.74) is 0.958. The number of likely N-dealkylation sites (tertiary alicyclic amines) is 1. The third-order valence-corrected chi connectivity index (χ3v) is 3.30. The second-order valence-corrected chi connectivity index (χ2v) is 4.52. The van der Waals surface area contributed by atoms with Crippen LogP contribution in [0, 0.1) is 5.92 Å². The highest BCUT2D eigenvalue weighted by atomic mass is 16.5. The Kier molecular flexibility index (Phi) is 2.35. The molecule has 1 saturated heterocycles. The van der Waals surface area contributed by atoms with E-state index in [-0.39, 0.29) is 30.9 Å². The van der Waals surface area contributed by atoms with E-state index in [4.69, 9.17) is 4.74 Å². The van der Waals surface area contributed by atoms with E-state index in [1.54, 1.807) is 4.90 Å². The summed E-state index contributed by atoms with van der Waals surface area (Å²) in [5.74, 6) is -0.00358. The first-order chi connectivity index (χ1) is 8.25. The van der Waals surface area contributed by atoms with Gasteiger partial charge in [0.2, 0.25) is 5.91 Å². The average Bonchev–Trinajstić information content (AvgIpc) is 3.10. The third-order valence-electron chi connectivity index (χ3n) is 3.30. The van der Waals surface area contributed by atoms with Crippen LogP contribution in [0.5, 0.6) is 0 Å². The maximum atomic E-state index is 11.5. The number of esters is 1. The van der Waals surface area contributed by atoms with Gasteiger partial charge >= 0.3 is 5.97 Å². The quantitative estimate of drug-likeness (QED) is 0.573. The van der Waals surface area contributed by atoms with Gasteiger partial charge in [-0.15, -0.1) is 0 Å². The zero-order valence-corrected chi connectivity index (χ0v) is 9.33. The van der Waals surface area contributed by atoms with Crippen molar-refractivity contribution in [2.24, 2.45) is 5.92 Å². The lowest BCUT2D eigenvalue weighted by Gasteiger charge is -2.28. The topological polar surface area (TPSA) is 46.6 Å². The standard InChI is InChI=1S/C13H13NO3/c15-12(7-14-11-6-10(11)13(14)16)17-8-9-4-2-1-3-5-9/h1-5,10-11H,6-8H2/t10-,11+/m0/s1. The molecule has 0 unspecified atom stereocenters.